The Hall–Kier alpha value is -2.17. The van der Waals surface area contributed by atoms with E-state index in [9.17, 15) is 15.0 Å². The van der Waals surface area contributed by atoms with Crippen LogP contribution in [-0.2, 0) is 10.4 Å². The van der Waals surface area contributed by atoms with Gasteiger partial charge in [0.1, 0.15) is 5.69 Å². The van der Waals surface area contributed by atoms with E-state index in [4.69, 9.17) is 0 Å². The predicted octanol–water partition coefficient (Wildman–Crippen LogP) is 3.13. The average Bonchev–Trinajstić information content (AvgIpc) is 2.62. The lowest BCUT2D eigenvalue weighted by Gasteiger charge is -2.38. The lowest BCUT2D eigenvalue weighted by Crippen LogP contribution is -2.49. The van der Waals surface area contributed by atoms with Gasteiger partial charge in [-0.2, -0.15) is 0 Å². The molecule has 1 aliphatic rings. The minimum atomic E-state index is -2.04. The summed E-state index contributed by atoms with van der Waals surface area (Å²) in [4.78, 5) is 11.9. The molecule has 2 N–H and O–H groups in total. The van der Waals surface area contributed by atoms with Crippen molar-refractivity contribution in [3.8, 4) is 0 Å². The van der Waals surface area contributed by atoms with E-state index in [0.29, 0.717) is 11.1 Å². The van der Waals surface area contributed by atoms with Crippen molar-refractivity contribution in [2.75, 3.05) is 20.1 Å². The SMILES string of the molecule is C[N+]1(c2cccc(C(O)(C(=O)O)c3ccccc3)c2)CCCCC1. The maximum atomic E-state index is 11.9. The summed E-state index contributed by atoms with van der Waals surface area (Å²) in [5, 5.41) is 20.8. The number of quaternary nitrogens is 1. The molecule has 4 nitrogen and oxygen atoms in total. The summed E-state index contributed by atoms with van der Waals surface area (Å²) in [6, 6.07) is 16.0. The number of likely N-dealkylation sites (tertiary alicyclic amines) is 1. The van der Waals surface area contributed by atoms with Crippen LogP contribution < -0.4 is 4.48 Å². The molecule has 126 valence electrons. The van der Waals surface area contributed by atoms with Crippen molar-refractivity contribution < 1.29 is 15.0 Å². The number of nitrogens with zero attached hydrogens (tertiary/aromatic N) is 1. The summed E-state index contributed by atoms with van der Waals surface area (Å²) in [6.45, 7) is 2.08. The van der Waals surface area contributed by atoms with E-state index in [1.54, 1.807) is 30.3 Å². The largest absolute Gasteiger partial charge is 0.479 e. The van der Waals surface area contributed by atoms with E-state index < -0.39 is 11.6 Å². The zero-order chi connectivity index (χ0) is 17.2. The molecule has 0 aliphatic carbocycles. The molecular weight excluding hydrogens is 302 g/mol. The van der Waals surface area contributed by atoms with Gasteiger partial charge in [-0.1, -0.05) is 42.5 Å². The number of piperidine rings is 1. The minimum absolute atomic E-state index is 0.371. The number of aliphatic hydroxyl groups is 1. The first kappa shape index (κ1) is 16.7. The number of aliphatic carboxylic acids is 1. The summed E-state index contributed by atoms with van der Waals surface area (Å²) in [7, 11) is 2.18. The van der Waals surface area contributed by atoms with Crippen molar-refractivity contribution in [1.29, 1.82) is 0 Å². The Kier molecular flexibility index (Phi) is 4.43. The Bertz CT molecular complexity index is 723. The highest BCUT2D eigenvalue weighted by Gasteiger charge is 2.41. The third-order valence-electron chi connectivity index (χ3n) is 5.19. The lowest BCUT2D eigenvalue weighted by atomic mass is 9.86. The van der Waals surface area contributed by atoms with Gasteiger partial charge < -0.3 is 10.2 Å². The quantitative estimate of drug-likeness (QED) is 0.849. The van der Waals surface area contributed by atoms with E-state index in [-0.39, 0.29) is 0 Å². The molecule has 1 aliphatic heterocycles. The van der Waals surface area contributed by atoms with Crippen molar-refractivity contribution in [1.82, 2.24) is 4.48 Å². The van der Waals surface area contributed by atoms with Crippen LogP contribution >= 0.6 is 0 Å². The fourth-order valence-electron chi connectivity index (χ4n) is 3.63. The van der Waals surface area contributed by atoms with Crippen molar-refractivity contribution in [2.24, 2.45) is 0 Å². The number of carboxylic acids is 1. The Morgan fingerprint density at radius 1 is 0.958 bits per heavy atom. The van der Waals surface area contributed by atoms with E-state index in [0.717, 1.165) is 23.3 Å². The Morgan fingerprint density at radius 2 is 1.58 bits per heavy atom. The van der Waals surface area contributed by atoms with E-state index >= 15 is 0 Å². The summed E-state index contributed by atoms with van der Waals surface area (Å²) in [6.07, 6.45) is 3.59. The summed E-state index contributed by atoms with van der Waals surface area (Å²) in [5.74, 6) is -1.26. The number of carbonyl (C=O) groups is 1. The van der Waals surface area contributed by atoms with Crippen LogP contribution in [0, 0.1) is 0 Å². The molecular formula is C20H24NO3+. The second-order valence-electron chi connectivity index (χ2n) is 6.84. The Morgan fingerprint density at radius 3 is 2.21 bits per heavy atom. The monoisotopic (exact) mass is 326 g/mol. The Labute approximate surface area is 142 Å². The van der Waals surface area contributed by atoms with Gasteiger partial charge in [-0.25, -0.2) is 4.79 Å². The lowest BCUT2D eigenvalue weighted by molar-refractivity contribution is -0.155. The molecule has 3 rings (SSSR count). The second kappa shape index (κ2) is 6.38. The third kappa shape index (κ3) is 2.83. The topological polar surface area (TPSA) is 57.5 Å². The minimum Gasteiger partial charge on any atom is -0.479 e. The summed E-state index contributed by atoms with van der Waals surface area (Å²) >= 11 is 0. The molecule has 2 aromatic rings. The first-order chi connectivity index (χ1) is 11.5. The maximum absolute atomic E-state index is 11.9. The highest BCUT2D eigenvalue weighted by molar-refractivity contribution is 5.84. The van der Waals surface area contributed by atoms with Gasteiger partial charge in [0.2, 0.25) is 5.60 Å². The molecule has 4 heteroatoms. The van der Waals surface area contributed by atoms with Gasteiger partial charge in [0.15, 0.2) is 0 Å². The van der Waals surface area contributed by atoms with Crippen LogP contribution in [-0.4, -0.2) is 36.3 Å². The van der Waals surface area contributed by atoms with Crippen LogP contribution in [0.4, 0.5) is 5.69 Å². The van der Waals surface area contributed by atoms with Crippen LogP contribution in [0.1, 0.15) is 30.4 Å². The summed E-state index contributed by atoms with van der Waals surface area (Å²) in [5.41, 5.74) is -0.200. The highest BCUT2D eigenvalue weighted by atomic mass is 16.4. The van der Waals surface area contributed by atoms with Gasteiger partial charge in [0, 0.05) is 11.6 Å². The average molecular weight is 326 g/mol. The second-order valence-corrected chi connectivity index (χ2v) is 6.84. The molecule has 0 amide bonds. The maximum Gasteiger partial charge on any atom is 0.345 e. The van der Waals surface area contributed by atoms with Crippen molar-refractivity contribution in [3.05, 3.63) is 65.7 Å². The Balaban J connectivity index is 2.07. The molecule has 0 radical (unpaired) electrons. The van der Waals surface area contributed by atoms with Crippen LogP contribution in [0.3, 0.4) is 0 Å². The van der Waals surface area contributed by atoms with Crippen molar-refractivity contribution >= 4 is 11.7 Å². The zero-order valence-electron chi connectivity index (χ0n) is 14.0. The number of carboxylic acid groups (broad SMARTS) is 1. The van der Waals surface area contributed by atoms with Crippen LogP contribution in [0.2, 0.25) is 0 Å². The van der Waals surface area contributed by atoms with E-state index in [1.165, 1.54) is 19.3 Å². The fourth-order valence-corrected chi connectivity index (χ4v) is 3.63. The molecule has 1 saturated heterocycles. The van der Waals surface area contributed by atoms with Crippen LogP contribution in [0.15, 0.2) is 54.6 Å². The van der Waals surface area contributed by atoms with E-state index in [1.807, 2.05) is 24.3 Å². The molecule has 1 unspecified atom stereocenters. The third-order valence-corrected chi connectivity index (χ3v) is 5.19. The smallest absolute Gasteiger partial charge is 0.345 e. The molecule has 0 saturated carbocycles. The van der Waals surface area contributed by atoms with Crippen LogP contribution in [0.5, 0.6) is 0 Å². The first-order valence-corrected chi connectivity index (χ1v) is 8.44. The fraction of sp³-hybridized carbons (Fsp3) is 0.350. The molecule has 1 atom stereocenters. The van der Waals surface area contributed by atoms with Crippen LogP contribution in [0.25, 0.3) is 0 Å². The van der Waals surface area contributed by atoms with Gasteiger partial charge in [-0.05, 0) is 30.9 Å². The number of hydrogen-bond acceptors (Lipinski definition) is 2. The molecule has 1 heterocycles. The molecule has 1 fully saturated rings. The van der Waals surface area contributed by atoms with Gasteiger partial charge in [0.05, 0.1) is 20.1 Å². The normalized spacial score (nSPS) is 19.4. The predicted molar refractivity (Wildman–Crippen MR) is 94.8 cm³/mol. The number of hydrogen-bond donors (Lipinski definition) is 2. The molecule has 2 aromatic carbocycles. The number of benzene rings is 2. The summed E-state index contributed by atoms with van der Waals surface area (Å²) < 4.78 is 0.790. The van der Waals surface area contributed by atoms with E-state index in [2.05, 4.69) is 7.05 Å². The molecule has 0 spiro atoms. The van der Waals surface area contributed by atoms with Gasteiger partial charge in [0.25, 0.3) is 0 Å². The zero-order valence-corrected chi connectivity index (χ0v) is 14.0. The van der Waals surface area contributed by atoms with Gasteiger partial charge in [-0.3, -0.25) is 4.48 Å². The van der Waals surface area contributed by atoms with Crippen molar-refractivity contribution in [3.63, 3.8) is 0 Å². The van der Waals surface area contributed by atoms with Gasteiger partial charge >= 0.3 is 5.97 Å². The molecule has 0 aromatic heterocycles. The first-order valence-electron chi connectivity index (χ1n) is 8.44. The standard InChI is InChI=1S/C20H23NO3/c1-21(13-6-3-7-14-21)18-12-8-11-17(15-18)20(24,19(22)23)16-9-4-2-5-10-16/h2,4-5,8-12,15,24H,3,6-7,13-14H2,1H3/p+1. The molecule has 24 heavy (non-hydrogen) atoms. The number of rotatable bonds is 4. The van der Waals surface area contributed by atoms with Gasteiger partial charge in [-0.15, -0.1) is 0 Å². The highest BCUT2D eigenvalue weighted by Crippen LogP contribution is 2.34. The molecule has 0 bridgehead atoms. The van der Waals surface area contributed by atoms with Crippen molar-refractivity contribution in [2.45, 2.75) is 24.9 Å².